The average Bonchev–Trinajstić information content (AvgIpc) is 3.12. The number of carbonyl (C=O) groups is 2. The minimum absolute atomic E-state index is 0.00645. The first-order valence-electron chi connectivity index (χ1n) is 8.21. The van der Waals surface area contributed by atoms with Gasteiger partial charge >= 0.3 is 0 Å². The summed E-state index contributed by atoms with van der Waals surface area (Å²) >= 11 is 0. The summed E-state index contributed by atoms with van der Waals surface area (Å²) in [6.07, 6.45) is 2.43. The van der Waals surface area contributed by atoms with Crippen LogP contribution in [-0.2, 0) is 14.3 Å². The van der Waals surface area contributed by atoms with Gasteiger partial charge in [-0.25, -0.2) is 8.78 Å². The van der Waals surface area contributed by atoms with Gasteiger partial charge in [-0.2, -0.15) is 0 Å². The summed E-state index contributed by atoms with van der Waals surface area (Å²) in [7, 11) is 0. The van der Waals surface area contributed by atoms with Crippen LogP contribution in [-0.4, -0.2) is 42.5 Å². The molecule has 2 fully saturated rings. The number of likely N-dealkylation sites (tertiary alicyclic amines) is 1. The zero-order valence-corrected chi connectivity index (χ0v) is 13.3. The predicted octanol–water partition coefficient (Wildman–Crippen LogP) is 2.32. The van der Waals surface area contributed by atoms with Crippen molar-refractivity contribution in [2.24, 2.45) is 5.92 Å². The maximum Gasteiger partial charge on any atom is 0.251 e. The fourth-order valence-electron chi connectivity index (χ4n) is 3.16. The van der Waals surface area contributed by atoms with E-state index in [1.165, 1.54) is 6.07 Å². The molecule has 24 heavy (non-hydrogen) atoms. The number of hydrogen-bond donors (Lipinski definition) is 1. The molecule has 2 amide bonds. The van der Waals surface area contributed by atoms with E-state index >= 15 is 0 Å². The van der Waals surface area contributed by atoms with Crippen molar-refractivity contribution >= 4 is 17.5 Å². The minimum Gasteiger partial charge on any atom is -0.368 e. The minimum atomic E-state index is -0.996. The van der Waals surface area contributed by atoms with E-state index < -0.39 is 11.6 Å². The highest BCUT2D eigenvalue weighted by molar-refractivity contribution is 5.92. The lowest BCUT2D eigenvalue weighted by atomic mass is 9.95. The van der Waals surface area contributed by atoms with Crippen LogP contribution in [0.15, 0.2) is 18.2 Å². The molecule has 0 radical (unpaired) electrons. The van der Waals surface area contributed by atoms with Crippen molar-refractivity contribution in [3.05, 3.63) is 29.8 Å². The summed E-state index contributed by atoms with van der Waals surface area (Å²) in [5, 5.41) is 2.61. The molecule has 2 aliphatic heterocycles. The molecule has 2 aliphatic rings. The fraction of sp³-hybridized carbons (Fsp3) is 0.529. The van der Waals surface area contributed by atoms with E-state index in [4.69, 9.17) is 4.74 Å². The van der Waals surface area contributed by atoms with Gasteiger partial charge < -0.3 is 15.0 Å². The Bertz CT molecular complexity index is 624. The van der Waals surface area contributed by atoms with Crippen LogP contribution in [0.5, 0.6) is 0 Å². The van der Waals surface area contributed by atoms with Gasteiger partial charge in [0.2, 0.25) is 5.91 Å². The zero-order chi connectivity index (χ0) is 17.1. The third kappa shape index (κ3) is 3.72. The van der Waals surface area contributed by atoms with Gasteiger partial charge in [-0.3, -0.25) is 9.59 Å². The number of benzene rings is 1. The van der Waals surface area contributed by atoms with Gasteiger partial charge in [0.15, 0.2) is 11.6 Å². The molecule has 5 nitrogen and oxygen atoms in total. The summed E-state index contributed by atoms with van der Waals surface area (Å²) in [5.41, 5.74) is 0.233. The summed E-state index contributed by atoms with van der Waals surface area (Å²) < 4.78 is 31.5. The van der Waals surface area contributed by atoms with Crippen molar-refractivity contribution in [3.63, 3.8) is 0 Å². The summed E-state index contributed by atoms with van der Waals surface area (Å²) in [4.78, 5) is 26.2. The van der Waals surface area contributed by atoms with Gasteiger partial charge in [0.1, 0.15) is 6.10 Å². The predicted molar refractivity (Wildman–Crippen MR) is 83.3 cm³/mol. The number of amides is 2. The molecule has 0 aliphatic carbocycles. The van der Waals surface area contributed by atoms with Gasteiger partial charge in [-0.1, -0.05) is 0 Å². The number of rotatable bonds is 3. The number of nitrogens with zero attached hydrogens (tertiary/aromatic N) is 1. The highest BCUT2D eigenvalue weighted by Gasteiger charge is 2.32. The number of ether oxygens (including phenoxy) is 1. The monoisotopic (exact) mass is 338 g/mol. The average molecular weight is 338 g/mol. The van der Waals surface area contributed by atoms with E-state index in [1.807, 2.05) is 0 Å². The van der Waals surface area contributed by atoms with Gasteiger partial charge in [-0.05, 0) is 37.8 Å². The number of hydrogen-bond acceptors (Lipinski definition) is 3. The molecule has 130 valence electrons. The quantitative estimate of drug-likeness (QED) is 0.920. The maximum absolute atomic E-state index is 13.2. The van der Waals surface area contributed by atoms with E-state index in [1.54, 1.807) is 4.90 Å². The van der Waals surface area contributed by atoms with Gasteiger partial charge in [0.25, 0.3) is 5.91 Å². The molecule has 0 bridgehead atoms. The van der Waals surface area contributed by atoms with Crippen LogP contribution in [0.25, 0.3) is 0 Å². The van der Waals surface area contributed by atoms with Crippen molar-refractivity contribution in [1.82, 2.24) is 4.90 Å². The lowest BCUT2D eigenvalue weighted by molar-refractivity contribution is -0.143. The molecule has 3 rings (SSSR count). The van der Waals surface area contributed by atoms with Crippen molar-refractivity contribution in [3.8, 4) is 0 Å². The number of carbonyl (C=O) groups excluding carboxylic acids is 2. The van der Waals surface area contributed by atoms with Gasteiger partial charge in [0, 0.05) is 37.4 Å². The van der Waals surface area contributed by atoms with E-state index in [0.29, 0.717) is 32.5 Å². The molecule has 1 N–H and O–H groups in total. The number of piperidine rings is 1. The third-order valence-corrected chi connectivity index (χ3v) is 4.57. The topological polar surface area (TPSA) is 58.6 Å². The van der Waals surface area contributed by atoms with E-state index in [0.717, 1.165) is 25.0 Å². The molecule has 0 aromatic heterocycles. The molecular weight excluding hydrogens is 318 g/mol. The first-order valence-corrected chi connectivity index (χ1v) is 8.21. The Morgan fingerprint density at radius 2 is 1.88 bits per heavy atom. The Balaban J connectivity index is 1.51. The van der Waals surface area contributed by atoms with E-state index in [2.05, 4.69) is 5.32 Å². The third-order valence-electron chi connectivity index (χ3n) is 4.57. The molecule has 1 aromatic carbocycles. The summed E-state index contributed by atoms with van der Waals surface area (Å²) in [6, 6.07) is 3.27. The second-order valence-electron chi connectivity index (χ2n) is 6.22. The Labute approximate surface area is 139 Å². The fourth-order valence-corrected chi connectivity index (χ4v) is 3.16. The number of nitrogens with one attached hydrogen (secondary N) is 1. The standard InChI is InChI=1S/C17H20F2N2O3/c18-13-4-3-12(10-14(13)19)20-16(22)11-5-7-21(8-6-11)17(23)15-2-1-9-24-15/h3-4,10-11,15H,1-2,5-9H2,(H,20,22). The molecule has 0 spiro atoms. The molecular formula is C17H20F2N2O3. The van der Waals surface area contributed by atoms with Crippen LogP contribution in [0.2, 0.25) is 0 Å². The van der Waals surface area contributed by atoms with Crippen LogP contribution in [0.4, 0.5) is 14.5 Å². The molecule has 1 unspecified atom stereocenters. The lowest BCUT2D eigenvalue weighted by Crippen LogP contribution is -2.45. The second kappa shape index (κ2) is 7.25. The summed E-state index contributed by atoms with van der Waals surface area (Å²) in [5.74, 6) is -2.41. The lowest BCUT2D eigenvalue weighted by Gasteiger charge is -2.32. The van der Waals surface area contributed by atoms with Crippen LogP contribution < -0.4 is 5.32 Å². The number of anilines is 1. The van der Waals surface area contributed by atoms with Gasteiger partial charge in [0.05, 0.1) is 0 Å². The molecule has 1 aromatic rings. The van der Waals surface area contributed by atoms with Gasteiger partial charge in [-0.15, -0.1) is 0 Å². The number of halogens is 2. The zero-order valence-electron chi connectivity index (χ0n) is 13.3. The molecule has 1 atom stereocenters. The van der Waals surface area contributed by atoms with Crippen molar-refractivity contribution < 1.29 is 23.1 Å². The van der Waals surface area contributed by atoms with Crippen molar-refractivity contribution in [2.45, 2.75) is 31.8 Å². The summed E-state index contributed by atoms with van der Waals surface area (Å²) in [6.45, 7) is 1.65. The van der Waals surface area contributed by atoms with Crippen LogP contribution >= 0.6 is 0 Å². The Morgan fingerprint density at radius 1 is 1.12 bits per heavy atom. The largest absolute Gasteiger partial charge is 0.368 e. The Hall–Kier alpha value is -2.02. The SMILES string of the molecule is O=C(Nc1ccc(F)c(F)c1)C1CCN(C(=O)C2CCCO2)CC1. The molecule has 7 heteroatoms. The molecule has 0 saturated carbocycles. The molecule has 2 heterocycles. The second-order valence-corrected chi connectivity index (χ2v) is 6.22. The Morgan fingerprint density at radius 3 is 2.50 bits per heavy atom. The van der Waals surface area contributed by atoms with Crippen LogP contribution in [0.1, 0.15) is 25.7 Å². The van der Waals surface area contributed by atoms with Crippen molar-refractivity contribution in [2.75, 3.05) is 25.0 Å². The van der Waals surface area contributed by atoms with E-state index in [-0.39, 0.29) is 29.5 Å². The maximum atomic E-state index is 13.2. The van der Waals surface area contributed by atoms with Crippen LogP contribution in [0, 0.1) is 17.6 Å². The highest BCUT2D eigenvalue weighted by Crippen LogP contribution is 2.23. The first-order chi connectivity index (χ1) is 11.5. The normalized spacial score (nSPS) is 21.8. The first kappa shape index (κ1) is 16.8. The van der Waals surface area contributed by atoms with Crippen LogP contribution in [0.3, 0.4) is 0 Å². The smallest absolute Gasteiger partial charge is 0.251 e. The highest BCUT2D eigenvalue weighted by atomic mass is 19.2. The molecule has 2 saturated heterocycles. The van der Waals surface area contributed by atoms with E-state index in [9.17, 15) is 18.4 Å². The van der Waals surface area contributed by atoms with Crippen molar-refractivity contribution in [1.29, 1.82) is 0 Å². The Kier molecular flexibility index (Phi) is 5.08.